The summed E-state index contributed by atoms with van der Waals surface area (Å²) in [7, 11) is 0. The van der Waals surface area contributed by atoms with Crippen LogP contribution in [0, 0.1) is 6.92 Å². The van der Waals surface area contributed by atoms with Gasteiger partial charge in [0.05, 0.1) is 10.9 Å². The van der Waals surface area contributed by atoms with Gasteiger partial charge in [0.25, 0.3) is 5.91 Å². The number of rotatable bonds is 2. The van der Waals surface area contributed by atoms with E-state index in [-0.39, 0.29) is 17.3 Å². The van der Waals surface area contributed by atoms with Crippen molar-refractivity contribution in [3.05, 3.63) is 33.8 Å². The van der Waals surface area contributed by atoms with Crippen LogP contribution in [-0.4, -0.2) is 17.3 Å². The van der Waals surface area contributed by atoms with Crippen LogP contribution < -0.4 is 5.32 Å². The normalized spacial score (nSPS) is 23.7. The molecular formula is C14H17BrClNO. The Labute approximate surface area is 121 Å². The van der Waals surface area contributed by atoms with Crippen LogP contribution >= 0.6 is 27.5 Å². The SMILES string of the molecule is Cc1cccc(C(=O)NC2CCCCC2Cl)c1Br. The summed E-state index contributed by atoms with van der Waals surface area (Å²) in [5, 5.41) is 3.11. The summed E-state index contributed by atoms with van der Waals surface area (Å²) >= 11 is 9.73. The van der Waals surface area contributed by atoms with E-state index in [4.69, 9.17) is 11.6 Å². The second-order valence-electron chi connectivity index (χ2n) is 4.82. The van der Waals surface area contributed by atoms with Crippen molar-refractivity contribution >= 4 is 33.4 Å². The van der Waals surface area contributed by atoms with Gasteiger partial charge in [-0.05, 0) is 47.3 Å². The predicted molar refractivity (Wildman–Crippen MR) is 78.2 cm³/mol. The molecule has 0 radical (unpaired) electrons. The lowest BCUT2D eigenvalue weighted by Gasteiger charge is -2.28. The second kappa shape index (κ2) is 6.07. The number of halogens is 2. The van der Waals surface area contributed by atoms with E-state index in [0.29, 0.717) is 5.56 Å². The van der Waals surface area contributed by atoms with Crippen LogP contribution in [0.1, 0.15) is 41.6 Å². The van der Waals surface area contributed by atoms with Gasteiger partial charge in [0.1, 0.15) is 0 Å². The summed E-state index contributed by atoms with van der Waals surface area (Å²) in [5.41, 5.74) is 1.75. The van der Waals surface area contributed by atoms with Crippen molar-refractivity contribution in [3.8, 4) is 0 Å². The van der Waals surface area contributed by atoms with Crippen molar-refractivity contribution in [3.63, 3.8) is 0 Å². The number of hydrogen-bond donors (Lipinski definition) is 1. The van der Waals surface area contributed by atoms with Crippen molar-refractivity contribution in [2.75, 3.05) is 0 Å². The average molecular weight is 331 g/mol. The van der Waals surface area contributed by atoms with E-state index < -0.39 is 0 Å². The first kappa shape index (κ1) is 13.9. The smallest absolute Gasteiger partial charge is 0.252 e. The molecule has 0 aliphatic heterocycles. The first-order valence-electron chi connectivity index (χ1n) is 6.29. The van der Waals surface area contributed by atoms with Crippen LogP contribution in [-0.2, 0) is 0 Å². The molecule has 2 nitrogen and oxygen atoms in total. The Morgan fingerprint density at radius 2 is 2.11 bits per heavy atom. The van der Waals surface area contributed by atoms with Crippen molar-refractivity contribution < 1.29 is 4.79 Å². The molecule has 1 aromatic rings. The van der Waals surface area contributed by atoms with E-state index in [1.54, 1.807) is 0 Å². The summed E-state index contributed by atoms with van der Waals surface area (Å²) in [4.78, 5) is 12.2. The Bertz CT molecular complexity index is 449. The Morgan fingerprint density at radius 1 is 1.39 bits per heavy atom. The fourth-order valence-corrected chi connectivity index (χ4v) is 3.10. The van der Waals surface area contributed by atoms with Gasteiger partial charge in [0.15, 0.2) is 0 Å². The Kier molecular flexibility index (Phi) is 4.68. The van der Waals surface area contributed by atoms with Crippen LogP contribution in [0.15, 0.2) is 22.7 Å². The molecule has 1 saturated carbocycles. The molecule has 0 heterocycles. The highest BCUT2D eigenvalue weighted by molar-refractivity contribution is 9.10. The van der Waals surface area contributed by atoms with Gasteiger partial charge < -0.3 is 5.32 Å². The van der Waals surface area contributed by atoms with Crippen molar-refractivity contribution in [2.45, 2.75) is 44.0 Å². The van der Waals surface area contributed by atoms with Gasteiger partial charge in [-0.25, -0.2) is 0 Å². The molecule has 2 atom stereocenters. The van der Waals surface area contributed by atoms with Gasteiger partial charge in [-0.2, -0.15) is 0 Å². The van der Waals surface area contributed by atoms with Crippen LogP contribution in [0.4, 0.5) is 0 Å². The first-order chi connectivity index (χ1) is 8.59. The van der Waals surface area contributed by atoms with Crippen LogP contribution in [0.5, 0.6) is 0 Å². The molecule has 0 spiro atoms. The second-order valence-corrected chi connectivity index (χ2v) is 6.17. The maximum absolute atomic E-state index is 12.2. The average Bonchev–Trinajstić information content (AvgIpc) is 2.35. The zero-order valence-corrected chi connectivity index (χ0v) is 12.7. The molecule has 1 aromatic carbocycles. The quantitative estimate of drug-likeness (QED) is 0.815. The molecule has 4 heteroatoms. The standard InChI is InChI=1S/C14H17BrClNO/c1-9-5-4-6-10(13(9)15)14(18)17-12-8-3-2-7-11(12)16/h4-6,11-12H,2-3,7-8H2,1H3,(H,17,18). The summed E-state index contributed by atoms with van der Waals surface area (Å²) in [6.07, 6.45) is 4.27. The fraction of sp³-hybridized carbons (Fsp3) is 0.500. The molecule has 0 bridgehead atoms. The van der Waals surface area contributed by atoms with Crippen LogP contribution in [0.2, 0.25) is 0 Å². The Hall–Kier alpha value is -0.540. The number of carbonyl (C=O) groups is 1. The third-order valence-electron chi connectivity index (χ3n) is 3.43. The molecule has 2 unspecified atom stereocenters. The number of amides is 1. The van der Waals surface area contributed by atoms with Crippen LogP contribution in [0.25, 0.3) is 0 Å². The van der Waals surface area contributed by atoms with Gasteiger partial charge in [-0.3, -0.25) is 4.79 Å². The van der Waals surface area contributed by atoms with Gasteiger partial charge in [0, 0.05) is 10.5 Å². The highest BCUT2D eigenvalue weighted by Gasteiger charge is 2.25. The number of nitrogens with one attached hydrogen (secondary N) is 1. The molecule has 1 N–H and O–H groups in total. The minimum atomic E-state index is -0.0388. The highest BCUT2D eigenvalue weighted by atomic mass is 79.9. The third kappa shape index (κ3) is 3.07. The van der Waals surface area contributed by atoms with Crippen LogP contribution in [0.3, 0.4) is 0 Å². The Balaban J connectivity index is 2.09. The molecule has 0 saturated heterocycles. The summed E-state index contributed by atoms with van der Waals surface area (Å²) in [5.74, 6) is -0.0388. The molecule has 0 aromatic heterocycles. The van der Waals surface area contributed by atoms with E-state index in [9.17, 15) is 4.79 Å². The molecule has 1 fully saturated rings. The molecule has 18 heavy (non-hydrogen) atoms. The van der Waals surface area contributed by atoms with E-state index in [0.717, 1.165) is 35.7 Å². The molecular weight excluding hydrogens is 314 g/mol. The highest BCUT2D eigenvalue weighted by Crippen LogP contribution is 2.25. The molecule has 1 amide bonds. The minimum Gasteiger partial charge on any atom is -0.348 e. The maximum Gasteiger partial charge on any atom is 0.252 e. The molecule has 2 rings (SSSR count). The van der Waals surface area contributed by atoms with Crippen molar-refractivity contribution in [1.82, 2.24) is 5.32 Å². The molecule has 1 aliphatic rings. The fourth-order valence-electron chi connectivity index (χ4n) is 2.32. The first-order valence-corrected chi connectivity index (χ1v) is 7.52. The number of hydrogen-bond acceptors (Lipinski definition) is 1. The number of benzene rings is 1. The number of aryl methyl sites for hydroxylation is 1. The van der Waals surface area contributed by atoms with Gasteiger partial charge in [-0.15, -0.1) is 11.6 Å². The van der Waals surface area contributed by atoms with Gasteiger partial charge >= 0.3 is 0 Å². The zero-order chi connectivity index (χ0) is 13.1. The largest absolute Gasteiger partial charge is 0.348 e. The van der Waals surface area contributed by atoms with E-state index >= 15 is 0 Å². The number of carbonyl (C=O) groups excluding carboxylic acids is 1. The monoisotopic (exact) mass is 329 g/mol. The van der Waals surface area contributed by atoms with Gasteiger partial charge in [0.2, 0.25) is 0 Å². The zero-order valence-electron chi connectivity index (χ0n) is 10.4. The summed E-state index contributed by atoms with van der Waals surface area (Å²) < 4.78 is 0.865. The third-order valence-corrected chi connectivity index (χ3v) is 5.01. The van der Waals surface area contributed by atoms with Crippen molar-refractivity contribution in [2.24, 2.45) is 0 Å². The maximum atomic E-state index is 12.2. The molecule has 98 valence electrons. The lowest BCUT2D eigenvalue weighted by molar-refractivity contribution is 0.0928. The lowest BCUT2D eigenvalue weighted by Crippen LogP contribution is -2.42. The van der Waals surface area contributed by atoms with Crippen molar-refractivity contribution in [1.29, 1.82) is 0 Å². The summed E-state index contributed by atoms with van der Waals surface area (Å²) in [6, 6.07) is 5.80. The van der Waals surface area contributed by atoms with E-state index in [1.165, 1.54) is 0 Å². The number of alkyl halides is 1. The lowest BCUT2D eigenvalue weighted by atomic mass is 9.94. The Morgan fingerprint density at radius 3 is 2.83 bits per heavy atom. The van der Waals surface area contributed by atoms with E-state index in [2.05, 4.69) is 21.2 Å². The predicted octanol–water partition coefficient (Wildman–Crippen LogP) is 4.04. The molecule has 1 aliphatic carbocycles. The van der Waals surface area contributed by atoms with Gasteiger partial charge in [-0.1, -0.05) is 25.0 Å². The topological polar surface area (TPSA) is 29.1 Å². The summed E-state index contributed by atoms with van der Waals surface area (Å²) in [6.45, 7) is 1.98. The van der Waals surface area contributed by atoms with E-state index in [1.807, 2.05) is 25.1 Å². The minimum absolute atomic E-state index is 0.0388.